The molecule has 9 heteroatoms. The summed E-state index contributed by atoms with van der Waals surface area (Å²) in [6.07, 6.45) is 5.38. The number of anilines is 1. The number of ether oxygens (including phenoxy) is 1. The summed E-state index contributed by atoms with van der Waals surface area (Å²) in [6.45, 7) is 2.74. The summed E-state index contributed by atoms with van der Waals surface area (Å²) in [6, 6.07) is 13.0. The molecule has 1 aliphatic heterocycles. The van der Waals surface area contributed by atoms with Crippen molar-refractivity contribution in [2.75, 3.05) is 25.0 Å². The maximum Gasteiger partial charge on any atom is 0.308 e. The van der Waals surface area contributed by atoms with Crippen molar-refractivity contribution in [3.05, 3.63) is 65.5 Å². The van der Waals surface area contributed by atoms with Crippen molar-refractivity contribution in [2.24, 2.45) is 0 Å². The summed E-state index contributed by atoms with van der Waals surface area (Å²) >= 11 is 0. The van der Waals surface area contributed by atoms with Gasteiger partial charge in [-0.2, -0.15) is 0 Å². The second-order valence-electron chi connectivity index (χ2n) is 9.06. The molecule has 0 spiro atoms. The number of hydrogen-bond donors (Lipinski definition) is 3. The van der Waals surface area contributed by atoms with Crippen molar-refractivity contribution >= 4 is 34.5 Å². The Kier molecular flexibility index (Phi) is 9.02. The Bertz CT molecular complexity index is 1260. The van der Waals surface area contributed by atoms with Crippen LogP contribution in [0.5, 0.6) is 0 Å². The molecule has 0 bridgehead atoms. The number of pyridine rings is 2. The number of esters is 1. The van der Waals surface area contributed by atoms with E-state index in [4.69, 9.17) is 4.74 Å². The molecule has 2 aromatic heterocycles. The molecule has 1 aliphatic rings. The molecule has 0 saturated heterocycles. The number of rotatable bonds is 11. The summed E-state index contributed by atoms with van der Waals surface area (Å²) in [5.41, 5.74) is 3.70. The molecule has 1 atom stereocenters. The Morgan fingerprint density at radius 1 is 1.14 bits per heavy atom. The molecule has 0 unspecified atom stereocenters. The van der Waals surface area contributed by atoms with E-state index >= 15 is 0 Å². The van der Waals surface area contributed by atoms with Gasteiger partial charge in [0.25, 0.3) is 0 Å². The Balaban J connectivity index is 1.27. The van der Waals surface area contributed by atoms with E-state index < -0.39 is 17.9 Å². The lowest BCUT2D eigenvalue weighted by Gasteiger charge is -2.19. The van der Waals surface area contributed by atoms with E-state index in [1.54, 1.807) is 13.1 Å². The van der Waals surface area contributed by atoms with E-state index in [-0.39, 0.29) is 25.5 Å². The van der Waals surface area contributed by atoms with Gasteiger partial charge >= 0.3 is 5.97 Å². The molecule has 3 N–H and O–H groups in total. The van der Waals surface area contributed by atoms with E-state index in [0.717, 1.165) is 41.8 Å². The molecule has 1 aromatic carbocycles. The molecule has 0 fully saturated rings. The number of carbonyl (C=O) groups excluding carboxylic acids is 3. The highest BCUT2D eigenvalue weighted by Crippen LogP contribution is 2.22. The van der Waals surface area contributed by atoms with Crippen LogP contribution in [-0.4, -0.2) is 47.4 Å². The number of carbonyl (C=O) groups is 3. The minimum Gasteiger partial charge on any atom is -0.466 e. The number of aromatic nitrogens is 2. The summed E-state index contributed by atoms with van der Waals surface area (Å²) < 4.78 is 5.08. The third-order valence-electron chi connectivity index (χ3n) is 6.26. The third-order valence-corrected chi connectivity index (χ3v) is 6.26. The standard InChI is InChI=1S/C28H33N5O4/c1-2-37-27(36)16-24(21-15-20-7-3-4-10-23(20)30-17-21)33-26(35)18-31-25(34)11-5-9-22-13-12-19-8-6-14-29-28(19)32-22/h3-4,7,10,12-13,15,17,24H,2,5-6,8-9,11,14,16,18H2,1H3,(H,29,32)(H,31,34)(H,33,35)/t24-/m0/s1. The summed E-state index contributed by atoms with van der Waals surface area (Å²) in [5, 5.41) is 9.74. The van der Waals surface area contributed by atoms with Gasteiger partial charge in [-0.15, -0.1) is 0 Å². The van der Waals surface area contributed by atoms with Crippen molar-refractivity contribution in [1.82, 2.24) is 20.6 Å². The van der Waals surface area contributed by atoms with Crippen LogP contribution in [0.4, 0.5) is 5.82 Å². The van der Waals surface area contributed by atoms with E-state index in [1.807, 2.05) is 36.4 Å². The maximum atomic E-state index is 12.7. The van der Waals surface area contributed by atoms with Crippen LogP contribution in [-0.2, 0) is 32.0 Å². The van der Waals surface area contributed by atoms with Gasteiger partial charge in [0.1, 0.15) is 5.82 Å². The van der Waals surface area contributed by atoms with Crippen molar-refractivity contribution in [3.63, 3.8) is 0 Å². The second-order valence-corrected chi connectivity index (χ2v) is 9.06. The van der Waals surface area contributed by atoms with Gasteiger partial charge in [-0.25, -0.2) is 4.98 Å². The zero-order chi connectivity index (χ0) is 26.0. The molecule has 0 aliphatic carbocycles. The number of nitrogens with one attached hydrogen (secondary N) is 3. The van der Waals surface area contributed by atoms with Crippen molar-refractivity contribution in [3.8, 4) is 0 Å². The molecule has 194 valence electrons. The van der Waals surface area contributed by atoms with Crippen LogP contribution < -0.4 is 16.0 Å². The lowest BCUT2D eigenvalue weighted by atomic mass is 10.0. The number of para-hydroxylation sites is 1. The summed E-state index contributed by atoms with van der Waals surface area (Å²) in [7, 11) is 0. The summed E-state index contributed by atoms with van der Waals surface area (Å²) in [4.78, 5) is 46.2. The minimum atomic E-state index is -0.621. The van der Waals surface area contributed by atoms with Gasteiger partial charge in [0.05, 0.1) is 31.1 Å². The van der Waals surface area contributed by atoms with Crippen LogP contribution >= 0.6 is 0 Å². The fraction of sp³-hybridized carbons (Fsp3) is 0.393. The third kappa shape index (κ3) is 7.49. The highest BCUT2D eigenvalue weighted by molar-refractivity contribution is 5.85. The first-order valence-electron chi connectivity index (χ1n) is 12.8. The topological polar surface area (TPSA) is 122 Å². The number of benzene rings is 1. The average Bonchev–Trinajstić information content (AvgIpc) is 2.91. The Morgan fingerprint density at radius 2 is 2.00 bits per heavy atom. The first-order valence-corrected chi connectivity index (χ1v) is 12.8. The Morgan fingerprint density at radius 3 is 2.86 bits per heavy atom. The number of nitrogens with zero attached hydrogens (tertiary/aromatic N) is 2. The van der Waals surface area contributed by atoms with Gasteiger partial charge < -0.3 is 20.7 Å². The molecule has 0 saturated carbocycles. The Hall–Kier alpha value is -4.01. The molecule has 3 aromatic rings. The minimum absolute atomic E-state index is 0.0316. The normalized spacial score (nSPS) is 13.2. The molecule has 3 heterocycles. The van der Waals surface area contributed by atoms with Gasteiger partial charge in [-0.05, 0) is 61.9 Å². The average molecular weight is 504 g/mol. The number of hydrogen-bond acceptors (Lipinski definition) is 7. The highest BCUT2D eigenvalue weighted by Gasteiger charge is 2.20. The molecule has 9 nitrogen and oxygen atoms in total. The lowest BCUT2D eigenvalue weighted by molar-refractivity contribution is -0.144. The van der Waals surface area contributed by atoms with Crippen molar-refractivity contribution in [1.29, 1.82) is 0 Å². The largest absolute Gasteiger partial charge is 0.466 e. The summed E-state index contributed by atoms with van der Waals surface area (Å²) in [5.74, 6) is -0.0707. The fourth-order valence-electron chi connectivity index (χ4n) is 4.37. The number of aryl methyl sites for hydroxylation is 2. The van der Waals surface area contributed by atoms with Gasteiger partial charge in [0, 0.05) is 30.2 Å². The lowest BCUT2D eigenvalue weighted by Crippen LogP contribution is -2.39. The first-order chi connectivity index (χ1) is 18.0. The van der Waals surface area contributed by atoms with Gasteiger partial charge in [0.15, 0.2) is 0 Å². The van der Waals surface area contributed by atoms with Crippen LogP contribution in [0.3, 0.4) is 0 Å². The van der Waals surface area contributed by atoms with Crippen LogP contribution in [0.15, 0.2) is 48.7 Å². The van der Waals surface area contributed by atoms with Crippen LogP contribution in [0.25, 0.3) is 10.9 Å². The molecule has 37 heavy (non-hydrogen) atoms. The number of fused-ring (bicyclic) bond motifs is 2. The van der Waals surface area contributed by atoms with E-state index in [2.05, 4.69) is 32.0 Å². The van der Waals surface area contributed by atoms with Crippen LogP contribution in [0, 0.1) is 0 Å². The number of amides is 2. The quantitative estimate of drug-likeness (QED) is 0.343. The van der Waals surface area contributed by atoms with Gasteiger partial charge in [-0.3, -0.25) is 19.4 Å². The second kappa shape index (κ2) is 12.8. The Labute approximate surface area is 216 Å². The van der Waals surface area contributed by atoms with Crippen LogP contribution in [0.2, 0.25) is 0 Å². The van der Waals surface area contributed by atoms with Crippen LogP contribution in [0.1, 0.15) is 55.5 Å². The van der Waals surface area contributed by atoms with E-state index in [9.17, 15) is 14.4 Å². The molecular weight excluding hydrogens is 470 g/mol. The predicted molar refractivity (Wildman–Crippen MR) is 141 cm³/mol. The zero-order valence-corrected chi connectivity index (χ0v) is 21.1. The van der Waals surface area contributed by atoms with Gasteiger partial charge in [0.2, 0.25) is 11.8 Å². The molecule has 0 radical (unpaired) electrons. The van der Waals surface area contributed by atoms with Gasteiger partial charge in [-0.1, -0.05) is 24.3 Å². The van der Waals surface area contributed by atoms with E-state index in [0.29, 0.717) is 24.8 Å². The zero-order valence-electron chi connectivity index (χ0n) is 21.1. The monoisotopic (exact) mass is 503 g/mol. The first kappa shape index (κ1) is 26.1. The SMILES string of the molecule is CCOC(=O)C[C@H](NC(=O)CNC(=O)CCCc1ccc2c(n1)NCCC2)c1cnc2ccccc2c1. The highest BCUT2D eigenvalue weighted by atomic mass is 16.5. The molecular formula is C28H33N5O4. The predicted octanol–water partition coefficient (Wildman–Crippen LogP) is 3.24. The molecule has 4 rings (SSSR count). The molecule has 2 amide bonds. The maximum absolute atomic E-state index is 12.7. The smallest absolute Gasteiger partial charge is 0.308 e. The van der Waals surface area contributed by atoms with Crippen molar-refractivity contribution in [2.45, 2.75) is 51.5 Å². The van der Waals surface area contributed by atoms with Crippen molar-refractivity contribution < 1.29 is 19.1 Å². The van der Waals surface area contributed by atoms with E-state index in [1.165, 1.54) is 5.56 Å². The fourth-order valence-corrected chi connectivity index (χ4v) is 4.37.